The summed E-state index contributed by atoms with van der Waals surface area (Å²) in [6.45, 7) is 0. The lowest BCUT2D eigenvalue weighted by atomic mass is 9.81. The molecule has 7 nitrogen and oxygen atoms in total. The first-order chi connectivity index (χ1) is 11.9. The van der Waals surface area contributed by atoms with Gasteiger partial charge in [-0.1, -0.05) is 11.6 Å². The molecule has 1 spiro atoms. The number of fused-ring (bicyclic) bond motifs is 1. The number of rotatable bonds is 2. The van der Waals surface area contributed by atoms with Crippen molar-refractivity contribution in [2.75, 3.05) is 23.0 Å². The molecule has 26 heavy (non-hydrogen) atoms. The van der Waals surface area contributed by atoms with Crippen molar-refractivity contribution in [3.63, 3.8) is 0 Å². The Hall–Kier alpha value is -2.32. The van der Waals surface area contributed by atoms with Gasteiger partial charge in [-0.3, -0.25) is 4.79 Å². The number of halogens is 3. The Morgan fingerprint density at radius 3 is 2.73 bits per heavy atom. The zero-order chi connectivity index (χ0) is 17.8. The van der Waals surface area contributed by atoms with Crippen molar-refractivity contribution in [1.29, 1.82) is 0 Å². The molecule has 1 amide bonds. The van der Waals surface area contributed by atoms with E-state index in [0.717, 1.165) is 19.3 Å². The minimum atomic E-state index is -0.555. The number of nitrogen functional groups attached to an aromatic ring is 1. The lowest BCUT2D eigenvalue weighted by Crippen LogP contribution is -2.66. The molecule has 138 valence electrons. The third-order valence-corrected chi connectivity index (χ3v) is 5.17. The minimum absolute atomic E-state index is 0. The Morgan fingerprint density at radius 2 is 2.12 bits per heavy atom. The van der Waals surface area contributed by atoms with Gasteiger partial charge in [-0.05, 0) is 25.3 Å². The summed E-state index contributed by atoms with van der Waals surface area (Å²) in [4.78, 5) is 22.1. The molecule has 0 radical (unpaired) electrons. The molecular formula is C16H17Cl2FN6O. The molecule has 2 heterocycles. The van der Waals surface area contributed by atoms with Gasteiger partial charge in [0, 0.05) is 13.1 Å². The van der Waals surface area contributed by atoms with Crippen LogP contribution in [0.4, 0.5) is 27.4 Å². The summed E-state index contributed by atoms with van der Waals surface area (Å²) < 4.78 is 15.2. The van der Waals surface area contributed by atoms with E-state index in [4.69, 9.17) is 17.3 Å². The summed E-state index contributed by atoms with van der Waals surface area (Å²) in [5, 5.41) is 5.98. The van der Waals surface area contributed by atoms with Crippen LogP contribution >= 0.6 is 24.0 Å². The van der Waals surface area contributed by atoms with E-state index in [1.54, 1.807) is 11.9 Å². The highest BCUT2D eigenvalue weighted by Gasteiger charge is 2.48. The van der Waals surface area contributed by atoms with Gasteiger partial charge < -0.3 is 21.3 Å². The van der Waals surface area contributed by atoms with Crippen molar-refractivity contribution >= 4 is 52.9 Å². The Balaban J connectivity index is 0.00000196. The quantitative estimate of drug-likeness (QED) is 0.719. The Morgan fingerprint density at radius 1 is 1.38 bits per heavy atom. The fourth-order valence-electron chi connectivity index (χ4n) is 3.36. The zero-order valence-electron chi connectivity index (χ0n) is 13.8. The van der Waals surface area contributed by atoms with Crippen LogP contribution < -0.4 is 21.3 Å². The molecule has 0 atom stereocenters. The van der Waals surface area contributed by atoms with E-state index in [-0.39, 0.29) is 46.1 Å². The molecule has 2 aromatic rings. The van der Waals surface area contributed by atoms with Gasteiger partial charge in [-0.25, -0.2) is 14.4 Å². The second kappa shape index (κ2) is 6.44. The number of anilines is 4. The maximum Gasteiger partial charge on any atom is 0.256 e. The zero-order valence-corrected chi connectivity index (χ0v) is 15.4. The summed E-state index contributed by atoms with van der Waals surface area (Å²) in [5.41, 5.74) is 5.55. The monoisotopic (exact) mass is 398 g/mol. The van der Waals surface area contributed by atoms with Gasteiger partial charge in [-0.15, -0.1) is 12.4 Å². The third kappa shape index (κ3) is 2.69. The Labute approximate surface area is 160 Å². The number of carbonyl (C=O) groups excluding carboxylic acids is 1. The van der Waals surface area contributed by atoms with E-state index in [1.165, 1.54) is 18.5 Å². The van der Waals surface area contributed by atoms with E-state index < -0.39 is 11.5 Å². The van der Waals surface area contributed by atoms with E-state index in [9.17, 15) is 4.79 Å². The highest BCUT2D eigenvalue weighted by Crippen LogP contribution is 2.46. The fraction of sp³-hybridized carbons (Fsp3) is 0.312. The van der Waals surface area contributed by atoms with Crippen molar-refractivity contribution in [2.45, 2.75) is 24.9 Å². The number of nitrogens with zero attached hydrogens (tertiary/aromatic N) is 3. The summed E-state index contributed by atoms with van der Waals surface area (Å²) in [6.07, 6.45) is 3.80. The van der Waals surface area contributed by atoms with Crippen LogP contribution in [-0.4, -0.2) is 28.6 Å². The van der Waals surface area contributed by atoms with Crippen LogP contribution in [0.2, 0.25) is 5.02 Å². The lowest BCUT2D eigenvalue weighted by Gasteiger charge is -2.53. The van der Waals surface area contributed by atoms with Crippen molar-refractivity contribution in [3.8, 4) is 0 Å². The number of nitrogens with two attached hydrogens (primary N) is 1. The molecule has 1 aromatic carbocycles. The predicted molar refractivity (Wildman–Crippen MR) is 101 cm³/mol. The van der Waals surface area contributed by atoms with E-state index in [2.05, 4.69) is 20.6 Å². The predicted octanol–water partition coefficient (Wildman–Crippen LogP) is 3.08. The molecule has 0 unspecified atom stereocenters. The van der Waals surface area contributed by atoms with E-state index in [0.29, 0.717) is 5.82 Å². The number of aromatic nitrogens is 2. The minimum Gasteiger partial charge on any atom is -0.384 e. The number of amides is 1. The largest absolute Gasteiger partial charge is 0.384 e. The van der Waals surface area contributed by atoms with Crippen LogP contribution in [0.1, 0.15) is 29.6 Å². The SMILES string of the molecule is CN1c2c(F)c(Nc3cc(N)ncn3)cc(Cl)c2C(=O)NC12CCC2.Cl. The van der Waals surface area contributed by atoms with Crippen LogP contribution in [0, 0.1) is 5.82 Å². The van der Waals surface area contributed by atoms with Gasteiger partial charge in [0.1, 0.15) is 23.6 Å². The number of hydrogen-bond donors (Lipinski definition) is 3. The lowest BCUT2D eigenvalue weighted by molar-refractivity contribution is 0.0800. The first-order valence-corrected chi connectivity index (χ1v) is 8.22. The normalized spacial score (nSPS) is 17.0. The second-order valence-electron chi connectivity index (χ2n) is 6.29. The Kier molecular flexibility index (Phi) is 4.58. The van der Waals surface area contributed by atoms with Gasteiger partial charge in [0.05, 0.1) is 22.0 Å². The molecule has 1 saturated carbocycles. The summed E-state index contributed by atoms with van der Waals surface area (Å²) in [5.74, 6) is -0.315. The number of carbonyl (C=O) groups is 1. The first kappa shape index (κ1) is 18.5. The summed E-state index contributed by atoms with van der Waals surface area (Å²) in [7, 11) is 1.77. The third-order valence-electron chi connectivity index (χ3n) is 4.87. The average Bonchev–Trinajstić information content (AvgIpc) is 2.52. The second-order valence-corrected chi connectivity index (χ2v) is 6.70. The van der Waals surface area contributed by atoms with Crippen molar-refractivity contribution in [2.24, 2.45) is 0 Å². The highest BCUT2D eigenvalue weighted by atomic mass is 35.5. The topological polar surface area (TPSA) is 96.2 Å². The van der Waals surface area contributed by atoms with Gasteiger partial charge >= 0.3 is 0 Å². The van der Waals surface area contributed by atoms with Gasteiger partial charge in [0.15, 0.2) is 5.82 Å². The molecule has 4 rings (SSSR count). The molecule has 10 heteroatoms. The van der Waals surface area contributed by atoms with Gasteiger partial charge in [-0.2, -0.15) is 0 Å². The van der Waals surface area contributed by atoms with Gasteiger partial charge in [0.25, 0.3) is 5.91 Å². The van der Waals surface area contributed by atoms with Crippen LogP contribution in [0.3, 0.4) is 0 Å². The highest BCUT2D eigenvalue weighted by molar-refractivity contribution is 6.35. The number of benzene rings is 1. The molecular weight excluding hydrogens is 382 g/mol. The van der Waals surface area contributed by atoms with Crippen LogP contribution in [0.25, 0.3) is 0 Å². The number of nitrogens with one attached hydrogen (secondary N) is 2. The summed E-state index contributed by atoms with van der Waals surface area (Å²) >= 11 is 6.28. The standard InChI is InChI=1S/C16H16ClFN6O.ClH/c1-24-14-12(15(25)23-16(24)3-2-4-16)8(17)5-9(13(14)18)22-11-6-10(19)20-7-21-11;/h5-7H,2-4H2,1H3,(H,23,25)(H3,19,20,21,22);1H. The molecule has 1 aliphatic heterocycles. The Bertz CT molecular complexity index is 889. The van der Waals surface area contributed by atoms with Gasteiger partial charge in [0.2, 0.25) is 0 Å². The smallest absolute Gasteiger partial charge is 0.256 e. The molecule has 4 N–H and O–H groups in total. The molecule has 2 aliphatic rings. The first-order valence-electron chi connectivity index (χ1n) is 7.84. The molecule has 1 fully saturated rings. The van der Waals surface area contributed by atoms with E-state index in [1.807, 2.05) is 0 Å². The summed E-state index contributed by atoms with van der Waals surface area (Å²) in [6, 6.07) is 2.86. The van der Waals surface area contributed by atoms with Crippen molar-refractivity contribution < 1.29 is 9.18 Å². The average molecular weight is 399 g/mol. The molecule has 0 saturated heterocycles. The van der Waals surface area contributed by atoms with Crippen molar-refractivity contribution in [1.82, 2.24) is 15.3 Å². The van der Waals surface area contributed by atoms with E-state index >= 15 is 4.39 Å². The maximum absolute atomic E-state index is 15.2. The van der Waals surface area contributed by atoms with Crippen molar-refractivity contribution in [3.05, 3.63) is 34.9 Å². The molecule has 0 bridgehead atoms. The maximum atomic E-state index is 15.2. The van der Waals surface area contributed by atoms with Crippen LogP contribution in [0.15, 0.2) is 18.5 Å². The van der Waals surface area contributed by atoms with Crippen LogP contribution in [-0.2, 0) is 0 Å². The van der Waals surface area contributed by atoms with Crippen LogP contribution in [0.5, 0.6) is 0 Å². The number of hydrogen-bond acceptors (Lipinski definition) is 6. The molecule has 1 aliphatic carbocycles. The molecule has 1 aromatic heterocycles. The fourth-order valence-corrected chi connectivity index (χ4v) is 3.64.